The van der Waals surface area contributed by atoms with Gasteiger partial charge in [0, 0.05) is 17.1 Å². The van der Waals surface area contributed by atoms with Crippen LogP contribution in [0.15, 0.2) is 89.4 Å². The van der Waals surface area contributed by atoms with Gasteiger partial charge in [-0.1, -0.05) is 54.6 Å². The largest absolute Gasteiger partial charge is 0.306 e. The molecule has 1 atom stereocenters. The molecule has 0 radical (unpaired) electrons. The van der Waals surface area contributed by atoms with Crippen LogP contribution in [0.25, 0.3) is 22.3 Å². The minimum Gasteiger partial charge on any atom is -0.306 e. The lowest BCUT2D eigenvalue weighted by atomic mass is 9.89. The van der Waals surface area contributed by atoms with Gasteiger partial charge in [0.15, 0.2) is 10.6 Å². The zero-order valence-electron chi connectivity index (χ0n) is 21.5. The Morgan fingerprint density at radius 1 is 1.00 bits per heavy atom. The fraction of sp³-hybridized carbons (Fsp3) is 0.233. The normalized spacial score (nSPS) is 15.3. The number of aromatic nitrogens is 4. The average molecular weight is 537 g/mol. The van der Waals surface area contributed by atoms with E-state index in [1.54, 1.807) is 17.6 Å². The van der Waals surface area contributed by atoms with Gasteiger partial charge in [0.1, 0.15) is 6.04 Å². The number of hydrogen-bond acceptors (Lipinski definition) is 7. The number of likely N-dealkylation sites (tertiary alicyclic amines) is 1. The monoisotopic (exact) mass is 536 g/mol. The van der Waals surface area contributed by atoms with Crippen molar-refractivity contribution >= 4 is 33.4 Å². The van der Waals surface area contributed by atoms with Crippen LogP contribution < -0.4 is 10.9 Å². The topological polar surface area (TPSA) is 93.0 Å². The Morgan fingerprint density at radius 2 is 1.77 bits per heavy atom. The van der Waals surface area contributed by atoms with Crippen molar-refractivity contribution in [1.29, 1.82) is 0 Å². The Morgan fingerprint density at radius 3 is 2.49 bits per heavy atom. The van der Waals surface area contributed by atoms with Gasteiger partial charge in [-0.15, -0.1) is 11.3 Å². The maximum Gasteiger partial charge on any atom is 0.280 e. The number of carbonyl (C=O) groups excluding carboxylic acids is 1. The molecule has 6 rings (SSSR count). The molecule has 1 N–H and O–H groups in total. The molecule has 39 heavy (non-hydrogen) atoms. The molecule has 1 unspecified atom stereocenters. The van der Waals surface area contributed by atoms with Crippen molar-refractivity contribution in [3.05, 3.63) is 106 Å². The van der Waals surface area contributed by atoms with Gasteiger partial charge >= 0.3 is 0 Å². The number of thiazole rings is 1. The minimum atomic E-state index is -0.932. The van der Waals surface area contributed by atoms with Crippen LogP contribution in [0.3, 0.4) is 0 Å². The molecule has 1 fully saturated rings. The molecule has 4 heterocycles. The Hall–Kier alpha value is -4.21. The summed E-state index contributed by atoms with van der Waals surface area (Å²) < 4.78 is 1.35. The molecule has 196 valence electrons. The zero-order chi connectivity index (χ0) is 26.8. The van der Waals surface area contributed by atoms with Crippen molar-refractivity contribution in [3.63, 3.8) is 0 Å². The first-order valence-corrected chi connectivity index (χ1v) is 13.9. The number of nitrogens with zero attached hydrogens (tertiary/aromatic N) is 5. The van der Waals surface area contributed by atoms with Gasteiger partial charge in [0.05, 0.1) is 17.5 Å². The number of pyridine rings is 1. The van der Waals surface area contributed by atoms with Gasteiger partial charge in [-0.25, -0.2) is 15.0 Å². The standard InChI is InChI=1S/C30H28N6O2S/c1-35-16-13-21(14-17-35)20-7-9-22(10-8-20)24-11-12-25-26(33-24)29(38)36(19-32-25)27(23-5-3-2-4-6-23)28(37)34-30-31-15-18-39-30/h2-12,15,18-19,21,27H,13-14,16-17H2,1H3,(H,31,34,37). The Labute approximate surface area is 230 Å². The van der Waals surface area contributed by atoms with Crippen LogP contribution in [0.5, 0.6) is 0 Å². The number of fused-ring (bicyclic) bond motifs is 1. The quantitative estimate of drug-likeness (QED) is 0.330. The summed E-state index contributed by atoms with van der Waals surface area (Å²) in [6.07, 6.45) is 5.36. The molecule has 2 aromatic carbocycles. The van der Waals surface area contributed by atoms with E-state index in [1.807, 2.05) is 36.4 Å². The van der Waals surface area contributed by atoms with Crippen LogP contribution in [-0.2, 0) is 4.79 Å². The van der Waals surface area contributed by atoms with Crippen molar-refractivity contribution in [1.82, 2.24) is 24.4 Å². The van der Waals surface area contributed by atoms with Crippen LogP contribution in [-0.4, -0.2) is 50.5 Å². The Bertz CT molecular complexity index is 1640. The van der Waals surface area contributed by atoms with Crippen LogP contribution in [0.2, 0.25) is 0 Å². The first-order chi connectivity index (χ1) is 19.1. The third-order valence-electron chi connectivity index (χ3n) is 7.33. The molecule has 5 aromatic rings. The van der Waals surface area contributed by atoms with Crippen molar-refractivity contribution < 1.29 is 4.79 Å². The highest BCUT2D eigenvalue weighted by Gasteiger charge is 2.26. The summed E-state index contributed by atoms with van der Waals surface area (Å²) in [5.74, 6) is 0.196. The maximum atomic E-state index is 13.8. The Balaban J connectivity index is 1.35. The van der Waals surface area contributed by atoms with E-state index in [0.29, 0.717) is 27.8 Å². The highest BCUT2D eigenvalue weighted by molar-refractivity contribution is 7.13. The molecule has 1 saturated heterocycles. The van der Waals surface area contributed by atoms with E-state index in [-0.39, 0.29) is 17.0 Å². The van der Waals surface area contributed by atoms with E-state index >= 15 is 0 Å². The van der Waals surface area contributed by atoms with E-state index in [9.17, 15) is 9.59 Å². The van der Waals surface area contributed by atoms with Gasteiger partial charge < -0.3 is 4.90 Å². The maximum absolute atomic E-state index is 13.8. The summed E-state index contributed by atoms with van der Waals surface area (Å²) in [4.78, 5) is 42.9. The summed E-state index contributed by atoms with van der Waals surface area (Å²) in [5.41, 5.74) is 3.95. The number of carbonyl (C=O) groups is 1. The second-order valence-corrected chi connectivity index (χ2v) is 10.8. The highest BCUT2D eigenvalue weighted by Crippen LogP contribution is 2.29. The van der Waals surface area contributed by atoms with Crippen LogP contribution >= 0.6 is 11.3 Å². The van der Waals surface area contributed by atoms with Crippen LogP contribution in [0.1, 0.15) is 35.9 Å². The number of rotatable bonds is 6. The number of nitrogens with one attached hydrogen (secondary N) is 1. The van der Waals surface area contributed by atoms with Gasteiger partial charge in [-0.3, -0.25) is 19.5 Å². The van der Waals surface area contributed by atoms with E-state index in [4.69, 9.17) is 4.98 Å². The summed E-state index contributed by atoms with van der Waals surface area (Å²) in [7, 11) is 2.17. The molecule has 0 aliphatic carbocycles. The molecule has 1 aliphatic heterocycles. The summed E-state index contributed by atoms with van der Waals surface area (Å²) in [6, 6.07) is 20.4. The predicted molar refractivity (Wildman–Crippen MR) is 154 cm³/mol. The lowest BCUT2D eigenvalue weighted by Gasteiger charge is -2.29. The van der Waals surface area contributed by atoms with Crippen molar-refractivity contribution in [2.24, 2.45) is 0 Å². The number of piperidine rings is 1. The van der Waals surface area contributed by atoms with Gasteiger partial charge in [-0.05, 0) is 62.2 Å². The van der Waals surface area contributed by atoms with Gasteiger partial charge in [0.2, 0.25) is 0 Å². The van der Waals surface area contributed by atoms with Crippen molar-refractivity contribution in [2.45, 2.75) is 24.8 Å². The second kappa shape index (κ2) is 10.9. The second-order valence-electron chi connectivity index (χ2n) is 9.86. The summed E-state index contributed by atoms with van der Waals surface area (Å²) in [5, 5.41) is 5.07. The number of anilines is 1. The SMILES string of the molecule is CN1CCC(c2ccc(-c3ccc4ncn(C(C(=O)Nc5nccs5)c5ccccc5)c(=O)c4n3)cc2)CC1. The predicted octanol–water partition coefficient (Wildman–Crippen LogP) is 4.95. The lowest BCUT2D eigenvalue weighted by Crippen LogP contribution is -2.34. The molecule has 1 aliphatic rings. The molecule has 1 amide bonds. The number of hydrogen-bond donors (Lipinski definition) is 1. The van der Waals surface area contributed by atoms with Crippen molar-refractivity contribution in [2.75, 3.05) is 25.5 Å². The molecule has 3 aromatic heterocycles. The third kappa shape index (κ3) is 5.23. The van der Waals surface area contributed by atoms with Crippen LogP contribution in [0, 0.1) is 0 Å². The molecule has 9 heteroatoms. The molecule has 0 bridgehead atoms. The number of benzene rings is 2. The smallest absolute Gasteiger partial charge is 0.280 e. The fourth-order valence-corrected chi connectivity index (χ4v) is 5.69. The van der Waals surface area contributed by atoms with Gasteiger partial charge in [-0.2, -0.15) is 0 Å². The highest BCUT2D eigenvalue weighted by atomic mass is 32.1. The Kier molecular flexibility index (Phi) is 7.00. The molecular formula is C30H28N6O2S. The molecular weight excluding hydrogens is 508 g/mol. The van der Waals surface area contributed by atoms with E-state index < -0.39 is 6.04 Å². The lowest BCUT2D eigenvalue weighted by molar-refractivity contribution is -0.118. The van der Waals surface area contributed by atoms with Crippen LogP contribution in [0.4, 0.5) is 5.13 Å². The summed E-state index contributed by atoms with van der Waals surface area (Å²) >= 11 is 1.31. The van der Waals surface area contributed by atoms with E-state index in [0.717, 1.165) is 31.5 Å². The number of amides is 1. The van der Waals surface area contributed by atoms with E-state index in [2.05, 4.69) is 51.5 Å². The van der Waals surface area contributed by atoms with Gasteiger partial charge in [0.25, 0.3) is 11.5 Å². The fourth-order valence-electron chi connectivity index (χ4n) is 5.16. The first kappa shape index (κ1) is 25.1. The molecule has 0 spiro atoms. The van der Waals surface area contributed by atoms with E-state index in [1.165, 1.54) is 27.8 Å². The minimum absolute atomic E-state index is 0.220. The first-order valence-electron chi connectivity index (χ1n) is 13.0. The molecule has 8 nitrogen and oxygen atoms in total. The summed E-state index contributed by atoms with van der Waals surface area (Å²) in [6.45, 7) is 2.23. The van der Waals surface area contributed by atoms with Crippen molar-refractivity contribution in [3.8, 4) is 11.3 Å². The molecule has 0 saturated carbocycles. The average Bonchev–Trinajstić information content (AvgIpc) is 3.48. The zero-order valence-corrected chi connectivity index (χ0v) is 22.3. The third-order valence-corrected chi connectivity index (χ3v) is 8.02.